The van der Waals surface area contributed by atoms with Gasteiger partial charge in [-0.05, 0) is 31.7 Å². The lowest BCUT2D eigenvalue weighted by Gasteiger charge is -2.28. The van der Waals surface area contributed by atoms with E-state index >= 15 is 0 Å². The molecule has 1 aromatic heterocycles. The van der Waals surface area contributed by atoms with Gasteiger partial charge in [-0.3, -0.25) is 4.79 Å². The molecule has 4 rings (SSSR count). The van der Waals surface area contributed by atoms with Crippen molar-refractivity contribution >= 4 is 79.6 Å². The molecule has 2 aliphatic heterocycles. The van der Waals surface area contributed by atoms with Crippen LogP contribution >= 0.6 is 58.0 Å². The summed E-state index contributed by atoms with van der Waals surface area (Å²) >= 11 is 30.6. The Morgan fingerprint density at radius 2 is 1.63 bits per heavy atom. The topological polar surface area (TPSA) is 80.1 Å². The van der Waals surface area contributed by atoms with Crippen molar-refractivity contribution in [3.8, 4) is 5.75 Å². The summed E-state index contributed by atoms with van der Waals surface area (Å²) in [5.41, 5.74) is 0. The molecule has 2 fully saturated rings. The molecule has 2 aliphatic rings. The molecule has 2 saturated heterocycles. The first-order valence-electron chi connectivity index (χ1n) is 11.0. The number of carbonyl (C=O) groups is 1. The lowest BCUT2D eigenvalue weighted by molar-refractivity contribution is -0.136. The number of sulfone groups is 1. The van der Waals surface area contributed by atoms with E-state index in [4.69, 9.17) is 67.2 Å². The Hall–Kier alpha value is -1.03. The minimum absolute atomic E-state index is 0.0134. The van der Waals surface area contributed by atoms with Crippen molar-refractivity contribution in [1.29, 1.82) is 0 Å². The molecule has 13 heteroatoms. The van der Waals surface area contributed by atoms with Gasteiger partial charge >= 0.3 is 0 Å². The molecule has 1 unspecified atom stereocenters. The van der Waals surface area contributed by atoms with Crippen LogP contribution in [-0.2, 0) is 21.2 Å². The number of rotatable bonds is 7. The number of carbonyl (C=O) groups excluding carboxylic acids is 1. The summed E-state index contributed by atoms with van der Waals surface area (Å²) in [4.78, 5) is 16.9. The number of nitrogens with zero attached hydrogens (tertiary/aromatic N) is 2. The molecule has 1 amide bonds. The Balaban J connectivity index is 1.52. The first-order chi connectivity index (χ1) is 16.6. The number of piperidine rings is 1. The molecule has 0 spiro atoms. The van der Waals surface area contributed by atoms with Crippen LogP contribution in [-0.4, -0.2) is 56.5 Å². The fourth-order valence-electron chi connectivity index (χ4n) is 4.27. The SMILES string of the molecule is O=C(COc1c(Cl)c(Cl)c(Cl)c(Cl)c1Cl)N(Cc1ccc(N2CCCCC2)o1)C1CCS(=O)(=O)C1. The van der Waals surface area contributed by atoms with Crippen molar-refractivity contribution in [3.05, 3.63) is 43.0 Å². The van der Waals surface area contributed by atoms with Crippen molar-refractivity contribution in [2.45, 2.75) is 38.3 Å². The summed E-state index contributed by atoms with van der Waals surface area (Å²) in [6, 6.07) is 3.17. The van der Waals surface area contributed by atoms with Gasteiger partial charge in [0, 0.05) is 25.2 Å². The number of hydrogen-bond acceptors (Lipinski definition) is 6. The molecule has 0 radical (unpaired) electrons. The number of hydrogen-bond donors (Lipinski definition) is 0. The van der Waals surface area contributed by atoms with E-state index in [0.29, 0.717) is 12.2 Å². The third kappa shape index (κ3) is 6.11. The second-order valence-corrected chi connectivity index (χ2v) is 12.7. The lowest BCUT2D eigenvalue weighted by atomic mass is 10.1. The van der Waals surface area contributed by atoms with E-state index in [1.807, 2.05) is 6.07 Å². The highest BCUT2D eigenvalue weighted by atomic mass is 35.5. The normalized spacial score (nSPS) is 19.7. The first-order valence-corrected chi connectivity index (χ1v) is 14.8. The molecule has 2 aromatic rings. The van der Waals surface area contributed by atoms with E-state index in [0.717, 1.165) is 31.8 Å². The largest absolute Gasteiger partial charge is 0.481 e. The van der Waals surface area contributed by atoms with Crippen LogP contribution in [0.4, 0.5) is 5.88 Å². The molecule has 0 aliphatic carbocycles. The maximum absolute atomic E-state index is 13.3. The van der Waals surface area contributed by atoms with Crippen LogP contribution in [0.15, 0.2) is 16.5 Å². The van der Waals surface area contributed by atoms with Crippen LogP contribution < -0.4 is 9.64 Å². The van der Waals surface area contributed by atoms with E-state index < -0.39 is 28.4 Å². The van der Waals surface area contributed by atoms with Crippen molar-refractivity contribution in [3.63, 3.8) is 0 Å². The molecule has 1 atom stereocenters. The minimum atomic E-state index is -3.24. The number of amides is 1. The molecule has 0 bridgehead atoms. The van der Waals surface area contributed by atoms with E-state index in [2.05, 4.69) is 4.90 Å². The van der Waals surface area contributed by atoms with Crippen molar-refractivity contribution < 1.29 is 22.4 Å². The summed E-state index contributed by atoms with van der Waals surface area (Å²) in [7, 11) is -3.24. The standard InChI is InChI=1S/C22H23Cl5N2O5S/c23-17-18(24)20(26)22(21(27)19(17)25)33-11-15(30)29(13-6-9-35(31,32)12-13)10-14-4-5-16(34-14)28-7-2-1-3-8-28/h4-5,13H,1-3,6-12H2. The van der Waals surface area contributed by atoms with Gasteiger partial charge in [-0.25, -0.2) is 8.42 Å². The summed E-state index contributed by atoms with van der Waals surface area (Å²) in [5.74, 6) is 0.643. The van der Waals surface area contributed by atoms with E-state index in [9.17, 15) is 13.2 Å². The zero-order valence-electron chi connectivity index (χ0n) is 18.5. The number of benzene rings is 1. The molecule has 7 nitrogen and oxygen atoms in total. The monoisotopic (exact) mass is 602 g/mol. The van der Waals surface area contributed by atoms with Gasteiger partial charge in [0.15, 0.2) is 28.1 Å². The van der Waals surface area contributed by atoms with Gasteiger partial charge in [0.2, 0.25) is 0 Å². The average Bonchev–Trinajstić information content (AvgIpc) is 3.46. The van der Waals surface area contributed by atoms with Gasteiger partial charge < -0.3 is 19.0 Å². The predicted octanol–water partition coefficient (Wildman–Crippen LogP) is 6.13. The van der Waals surface area contributed by atoms with Gasteiger partial charge in [-0.2, -0.15) is 0 Å². The second-order valence-electron chi connectivity index (χ2n) is 8.55. The maximum Gasteiger partial charge on any atom is 0.261 e. The van der Waals surface area contributed by atoms with E-state index in [1.54, 1.807) is 6.07 Å². The number of halogens is 5. The fraction of sp³-hybridized carbons (Fsp3) is 0.500. The highest BCUT2D eigenvalue weighted by molar-refractivity contribution is 7.91. The zero-order chi connectivity index (χ0) is 25.3. The highest BCUT2D eigenvalue weighted by Gasteiger charge is 2.35. The van der Waals surface area contributed by atoms with Crippen LogP contribution in [0.2, 0.25) is 25.1 Å². The van der Waals surface area contributed by atoms with E-state index in [-0.39, 0.29) is 48.9 Å². The molecule has 35 heavy (non-hydrogen) atoms. The third-order valence-corrected chi connectivity index (χ3v) is 10.1. The predicted molar refractivity (Wildman–Crippen MR) is 139 cm³/mol. The van der Waals surface area contributed by atoms with Gasteiger partial charge in [0.1, 0.15) is 15.8 Å². The lowest BCUT2D eigenvalue weighted by Crippen LogP contribution is -2.43. The highest BCUT2D eigenvalue weighted by Crippen LogP contribution is 2.48. The number of anilines is 1. The Kier molecular flexibility index (Phi) is 8.61. The Morgan fingerprint density at radius 1 is 1.00 bits per heavy atom. The minimum Gasteiger partial charge on any atom is -0.481 e. The Labute approximate surface area is 229 Å². The zero-order valence-corrected chi connectivity index (χ0v) is 23.1. The molecular formula is C22H23Cl5N2O5S. The van der Waals surface area contributed by atoms with Gasteiger partial charge in [0.05, 0.1) is 33.1 Å². The molecule has 3 heterocycles. The molecule has 0 N–H and O–H groups in total. The number of ether oxygens (including phenoxy) is 1. The molecule has 192 valence electrons. The summed E-state index contributed by atoms with van der Waals surface area (Å²) < 4.78 is 35.9. The van der Waals surface area contributed by atoms with E-state index in [1.165, 1.54) is 11.3 Å². The van der Waals surface area contributed by atoms with Gasteiger partial charge in [-0.1, -0.05) is 58.0 Å². The van der Waals surface area contributed by atoms with Crippen molar-refractivity contribution in [2.75, 3.05) is 36.1 Å². The van der Waals surface area contributed by atoms with Gasteiger partial charge in [0.25, 0.3) is 5.91 Å². The Bertz CT molecular complexity index is 1180. The van der Waals surface area contributed by atoms with Gasteiger partial charge in [-0.15, -0.1) is 0 Å². The number of furan rings is 1. The Morgan fingerprint density at radius 3 is 2.23 bits per heavy atom. The maximum atomic E-state index is 13.3. The first kappa shape index (κ1) is 27.0. The summed E-state index contributed by atoms with van der Waals surface area (Å²) in [6.07, 6.45) is 3.72. The fourth-order valence-corrected chi connectivity index (χ4v) is 7.23. The van der Waals surface area contributed by atoms with Crippen LogP contribution in [0, 0.1) is 0 Å². The third-order valence-electron chi connectivity index (χ3n) is 6.12. The van der Waals surface area contributed by atoms with Crippen LogP contribution in [0.1, 0.15) is 31.4 Å². The van der Waals surface area contributed by atoms with Crippen molar-refractivity contribution in [2.24, 2.45) is 0 Å². The summed E-state index contributed by atoms with van der Waals surface area (Å²) in [6.45, 7) is 1.46. The van der Waals surface area contributed by atoms with Crippen LogP contribution in [0.25, 0.3) is 0 Å². The molecule has 0 saturated carbocycles. The summed E-state index contributed by atoms with van der Waals surface area (Å²) in [5, 5.41) is -0.284. The average molecular weight is 605 g/mol. The smallest absolute Gasteiger partial charge is 0.261 e. The molecule has 1 aromatic carbocycles. The van der Waals surface area contributed by atoms with Crippen molar-refractivity contribution in [1.82, 2.24) is 4.90 Å². The van der Waals surface area contributed by atoms with Crippen LogP contribution in [0.3, 0.4) is 0 Å². The quantitative estimate of drug-likeness (QED) is 0.279. The second kappa shape index (κ2) is 11.2. The molecular weight excluding hydrogens is 582 g/mol. The van der Waals surface area contributed by atoms with Crippen LogP contribution in [0.5, 0.6) is 5.75 Å².